The van der Waals surface area contributed by atoms with Gasteiger partial charge in [-0.2, -0.15) is 0 Å². The van der Waals surface area contributed by atoms with Crippen molar-refractivity contribution < 1.29 is 9.47 Å². The summed E-state index contributed by atoms with van der Waals surface area (Å²) < 4.78 is 15.5. The Hall–Kier alpha value is -1.26. The van der Waals surface area contributed by atoms with Gasteiger partial charge in [-0.05, 0) is 47.6 Å². The molecule has 3 aromatic rings. The molecular formula is C26H38O2S2. The van der Waals surface area contributed by atoms with Crippen LogP contribution >= 0.6 is 22.7 Å². The number of thiophene rings is 2. The molecule has 2 aromatic heterocycles. The van der Waals surface area contributed by atoms with Gasteiger partial charge in [-0.1, -0.05) is 66.2 Å². The van der Waals surface area contributed by atoms with E-state index in [0.717, 1.165) is 24.7 Å². The van der Waals surface area contributed by atoms with Gasteiger partial charge in [-0.25, -0.2) is 0 Å². The number of hydrogen-bond acceptors (Lipinski definition) is 4. The smallest absolute Gasteiger partial charge is 0.146 e. The molecule has 2 unspecified atom stereocenters. The van der Waals surface area contributed by atoms with Crippen molar-refractivity contribution in [1.82, 2.24) is 0 Å². The minimum absolute atomic E-state index is 0.633. The minimum Gasteiger partial charge on any atom is -0.491 e. The topological polar surface area (TPSA) is 18.5 Å². The number of hydrogen-bond donors (Lipinski definition) is 0. The van der Waals surface area contributed by atoms with Crippen molar-refractivity contribution in [2.24, 2.45) is 11.8 Å². The highest BCUT2D eigenvalue weighted by Crippen LogP contribution is 2.47. The summed E-state index contributed by atoms with van der Waals surface area (Å²) in [6.07, 6.45) is 9.94. The highest BCUT2D eigenvalue weighted by Gasteiger charge is 2.20. The first kappa shape index (κ1) is 23.4. The normalized spacial score (nSPS) is 13.7. The monoisotopic (exact) mass is 446 g/mol. The van der Waals surface area contributed by atoms with Crippen LogP contribution in [0.5, 0.6) is 11.5 Å². The molecule has 2 heterocycles. The Kier molecular flexibility index (Phi) is 9.32. The van der Waals surface area contributed by atoms with E-state index in [9.17, 15) is 0 Å². The summed E-state index contributed by atoms with van der Waals surface area (Å²) in [5, 5.41) is 6.79. The molecule has 2 atom stereocenters. The molecule has 2 nitrogen and oxygen atoms in total. The van der Waals surface area contributed by atoms with Gasteiger partial charge in [0.1, 0.15) is 11.5 Å². The van der Waals surface area contributed by atoms with Gasteiger partial charge in [0, 0.05) is 10.8 Å². The molecule has 166 valence electrons. The average molecular weight is 447 g/mol. The highest BCUT2D eigenvalue weighted by molar-refractivity contribution is 7.19. The summed E-state index contributed by atoms with van der Waals surface area (Å²) in [7, 11) is 0. The second kappa shape index (κ2) is 12.0. The van der Waals surface area contributed by atoms with E-state index in [1.165, 1.54) is 71.5 Å². The first-order valence-electron chi connectivity index (χ1n) is 11.9. The molecular weight excluding hydrogens is 408 g/mol. The fourth-order valence-corrected chi connectivity index (χ4v) is 5.87. The Morgan fingerprint density at radius 1 is 0.700 bits per heavy atom. The molecule has 4 heteroatoms. The molecule has 0 saturated carbocycles. The number of fused-ring (bicyclic) bond motifs is 2. The second-order valence-electron chi connectivity index (χ2n) is 8.44. The van der Waals surface area contributed by atoms with Crippen molar-refractivity contribution >= 4 is 42.8 Å². The van der Waals surface area contributed by atoms with E-state index >= 15 is 0 Å². The maximum Gasteiger partial charge on any atom is 0.146 e. The predicted molar refractivity (Wildman–Crippen MR) is 135 cm³/mol. The van der Waals surface area contributed by atoms with Crippen LogP contribution in [-0.4, -0.2) is 13.2 Å². The summed E-state index contributed by atoms with van der Waals surface area (Å²) in [5.41, 5.74) is 0. The summed E-state index contributed by atoms with van der Waals surface area (Å²) in [4.78, 5) is 0. The summed E-state index contributed by atoms with van der Waals surface area (Å²) in [6, 6.07) is 4.42. The molecule has 0 fully saturated rings. The molecule has 0 bridgehead atoms. The zero-order valence-corrected chi connectivity index (χ0v) is 20.8. The van der Waals surface area contributed by atoms with E-state index in [1.807, 2.05) is 0 Å². The summed E-state index contributed by atoms with van der Waals surface area (Å²) in [5.74, 6) is 3.40. The van der Waals surface area contributed by atoms with E-state index in [2.05, 4.69) is 50.6 Å². The van der Waals surface area contributed by atoms with Crippen LogP contribution in [0.2, 0.25) is 0 Å². The van der Waals surface area contributed by atoms with Gasteiger partial charge in [0.05, 0.1) is 22.6 Å². The molecule has 0 aliphatic rings. The maximum atomic E-state index is 6.52. The fourth-order valence-electron chi connectivity index (χ4n) is 4.06. The predicted octanol–water partition coefficient (Wildman–Crippen LogP) is 9.31. The lowest BCUT2D eigenvalue weighted by Crippen LogP contribution is -2.12. The van der Waals surface area contributed by atoms with E-state index in [4.69, 9.17) is 9.47 Å². The van der Waals surface area contributed by atoms with Crippen molar-refractivity contribution in [2.75, 3.05) is 13.2 Å². The second-order valence-corrected chi connectivity index (χ2v) is 10.3. The van der Waals surface area contributed by atoms with Gasteiger partial charge < -0.3 is 9.47 Å². The minimum atomic E-state index is 0.633. The molecule has 0 saturated heterocycles. The van der Waals surface area contributed by atoms with Crippen molar-refractivity contribution in [3.05, 3.63) is 22.9 Å². The third-order valence-electron chi connectivity index (χ3n) is 6.25. The zero-order valence-electron chi connectivity index (χ0n) is 19.2. The molecule has 0 radical (unpaired) electrons. The summed E-state index contributed by atoms with van der Waals surface area (Å²) in [6.45, 7) is 10.7. The van der Waals surface area contributed by atoms with Gasteiger partial charge >= 0.3 is 0 Å². The maximum absolute atomic E-state index is 6.52. The van der Waals surface area contributed by atoms with Crippen molar-refractivity contribution in [1.29, 1.82) is 0 Å². The molecule has 30 heavy (non-hydrogen) atoms. The highest BCUT2D eigenvalue weighted by atomic mass is 32.1. The Labute approximate surface area is 190 Å². The van der Waals surface area contributed by atoms with Crippen LogP contribution in [0.1, 0.15) is 79.1 Å². The van der Waals surface area contributed by atoms with E-state index in [-0.39, 0.29) is 0 Å². The van der Waals surface area contributed by atoms with Crippen LogP contribution in [-0.2, 0) is 0 Å². The Balaban J connectivity index is 1.85. The third-order valence-corrected chi connectivity index (χ3v) is 8.07. The van der Waals surface area contributed by atoms with Gasteiger partial charge in [-0.3, -0.25) is 0 Å². The first-order chi connectivity index (χ1) is 14.7. The standard InChI is InChI=1S/C26H38O2S2/c1-5-9-11-19(7-3)17-27-23-21-13-15-30-26(21)24(22-14-16-29-25(22)23)28-18-20(8-4)12-10-6-2/h13-16,19-20H,5-12,17-18H2,1-4H3. The Bertz CT molecular complexity index is 774. The fraction of sp³-hybridized carbons (Fsp3) is 0.615. The number of rotatable bonds is 14. The van der Waals surface area contributed by atoms with Crippen LogP contribution in [0.3, 0.4) is 0 Å². The quantitative estimate of drug-likeness (QED) is 0.245. The van der Waals surface area contributed by atoms with Crippen LogP contribution in [0.4, 0.5) is 0 Å². The van der Waals surface area contributed by atoms with Crippen molar-refractivity contribution in [3.8, 4) is 11.5 Å². The number of unbranched alkanes of at least 4 members (excludes halogenated alkanes) is 2. The Morgan fingerprint density at radius 3 is 1.50 bits per heavy atom. The summed E-state index contributed by atoms with van der Waals surface area (Å²) >= 11 is 3.55. The molecule has 0 aliphatic carbocycles. The van der Waals surface area contributed by atoms with Crippen LogP contribution < -0.4 is 9.47 Å². The lowest BCUT2D eigenvalue weighted by molar-refractivity contribution is 0.235. The molecule has 0 N–H and O–H groups in total. The molecule has 0 amide bonds. The molecule has 1 aromatic carbocycles. The lowest BCUT2D eigenvalue weighted by Gasteiger charge is -2.19. The lowest BCUT2D eigenvalue weighted by atomic mass is 10.0. The van der Waals surface area contributed by atoms with Crippen LogP contribution in [0, 0.1) is 11.8 Å². The largest absolute Gasteiger partial charge is 0.491 e. The van der Waals surface area contributed by atoms with Gasteiger partial charge in [0.15, 0.2) is 0 Å². The van der Waals surface area contributed by atoms with Crippen molar-refractivity contribution in [2.45, 2.75) is 79.1 Å². The van der Waals surface area contributed by atoms with Gasteiger partial charge in [0.2, 0.25) is 0 Å². The number of ether oxygens (including phenoxy) is 2. The van der Waals surface area contributed by atoms with Crippen LogP contribution in [0.25, 0.3) is 20.2 Å². The van der Waals surface area contributed by atoms with Gasteiger partial charge in [0.25, 0.3) is 0 Å². The van der Waals surface area contributed by atoms with E-state index in [0.29, 0.717) is 11.8 Å². The van der Waals surface area contributed by atoms with E-state index < -0.39 is 0 Å². The third kappa shape index (κ3) is 5.50. The molecule has 0 aliphatic heterocycles. The molecule has 0 spiro atoms. The zero-order chi connectivity index (χ0) is 21.3. The molecule has 3 rings (SSSR count). The Morgan fingerprint density at radius 2 is 1.13 bits per heavy atom. The van der Waals surface area contributed by atoms with Crippen LogP contribution in [0.15, 0.2) is 22.9 Å². The van der Waals surface area contributed by atoms with Crippen molar-refractivity contribution in [3.63, 3.8) is 0 Å². The average Bonchev–Trinajstić information content (AvgIpc) is 3.44. The first-order valence-corrected chi connectivity index (χ1v) is 13.6. The van der Waals surface area contributed by atoms with E-state index in [1.54, 1.807) is 22.7 Å². The van der Waals surface area contributed by atoms with Gasteiger partial charge in [-0.15, -0.1) is 22.7 Å². The number of benzene rings is 1. The SMILES string of the molecule is CCCCC(CC)COc1c2ccsc2c(OCC(CC)CCCC)c2ccsc12.